The topological polar surface area (TPSA) is 41.1 Å². The normalized spacial score (nSPS) is 21.5. The largest absolute Gasteiger partial charge is 0.360 e. The van der Waals surface area contributed by atoms with E-state index >= 15 is 0 Å². The van der Waals surface area contributed by atoms with Crippen LogP contribution in [-0.4, -0.2) is 40.9 Å². The lowest BCUT2D eigenvalue weighted by Crippen LogP contribution is -2.19. The minimum Gasteiger partial charge on any atom is -0.360 e. The lowest BCUT2D eigenvalue weighted by atomic mass is 10.1. The Morgan fingerprint density at radius 2 is 2.44 bits per heavy atom. The maximum Gasteiger partial charge on any atom is 0.202 e. The minimum atomic E-state index is 0.767. The van der Waals surface area contributed by atoms with E-state index in [1.165, 1.54) is 31.0 Å². The molecule has 1 saturated heterocycles. The fraction of sp³-hybridized carbons (Fsp3) is 0.818. The quantitative estimate of drug-likeness (QED) is 0.853. The van der Waals surface area contributed by atoms with Gasteiger partial charge in [0.2, 0.25) is 5.13 Å². The van der Waals surface area contributed by atoms with Gasteiger partial charge < -0.3 is 10.2 Å². The van der Waals surface area contributed by atoms with Gasteiger partial charge in [-0.15, -0.1) is 0 Å². The molecule has 1 fully saturated rings. The van der Waals surface area contributed by atoms with E-state index in [2.05, 4.69) is 33.5 Å². The molecule has 1 unspecified atom stereocenters. The van der Waals surface area contributed by atoms with Crippen LogP contribution in [0.2, 0.25) is 0 Å². The molecule has 5 heteroatoms. The average Bonchev–Trinajstić information content (AvgIpc) is 2.85. The van der Waals surface area contributed by atoms with E-state index in [1.807, 2.05) is 0 Å². The predicted molar refractivity (Wildman–Crippen MR) is 68.0 cm³/mol. The van der Waals surface area contributed by atoms with Crippen LogP contribution in [0.3, 0.4) is 0 Å². The highest BCUT2D eigenvalue weighted by molar-refractivity contribution is 7.09. The van der Waals surface area contributed by atoms with Crippen LogP contribution in [-0.2, 0) is 6.42 Å². The smallest absolute Gasteiger partial charge is 0.202 e. The molecule has 90 valence electrons. The van der Waals surface area contributed by atoms with Crippen molar-refractivity contribution >= 4 is 16.7 Å². The summed E-state index contributed by atoms with van der Waals surface area (Å²) in [6, 6.07) is 0. The van der Waals surface area contributed by atoms with E-state index in [0.717, 1.165) is 36.3 Å². The van der Waals surface area contributed by atoms with Crippen LogP contribution in [0, 0.1) is 5.92 Å². The van der Waals surface area contributed by atoms with Gasteiger partial charge in [0.05, 0.1) is 0 Å². The van der Waals surface area contributed by atoms with Gasteiger partial charge in [-0.2, -0.15) is 4.37 Å². The Labute approximate surface area is 101 Å². The van der Waals surface area contributed by atoms with Crippen LogP contribution in [0.25, 0.3) is 0 Å². The zero-order valence-electron chi connectivity index (χ0n) is 10.1. The second kappa shape index (κ2) is 5.59. The van der Waals surface area contributed by atoms with E-state index in [9.17, 15) is 0 Å². The zero-order chi connectivity index (χ0) is 11.4. The SMILES string of the molecule is CCCc1nsc(NCC2CCN(C)C2)n1. The van der Waals surface area contributed by atoms with Crippen LogP contribution < -0.4 is 5.32 Å². The van der Waals surface area contributed by atoms with Crippen molar-refractivity contribution < 1.29 is 0 Å². The number of rotatable bonds is 5. The van der Waals surface area contributed by atoms with Crippen molar-refractivity contribution in [3.05, 3.63) is 5.82 Å². The van der Waals surface area contributed by atoms with Crippen LogP contribution >= 0.6 is 11.5 Å². The van der Waals surface area contributed by atoms with Crippen molar-refractivity contribution in [2.75, 3.05) is 32.0 Å². The third-order valence-electron chi connectivity index (χ3n) is 2.97. The van der Waals surface area contributed by atoms with Gasteiger partial charge in [-0.3, -0.25) is 0 Å². The molecule has 1 aromatic rings. The molecule has 16 heavy (non-hydrogen) atoms. The highest BCUT2D eigenvalue weighted by atomic mass is 32.1. The third kappa shape index (κ3) is 3.15. The summed E-state index contributed by atoms with van der Waals surface area (Å²) < 4.78 is 4.32. The number of hydrogen-bond donors (Lipinski definition) is 1. The van der Waals surface area contributed by atoms with Gasteiger partial charge in [0.1, 0.15) is 5.82 Å². The first-order valence-corrected chi connectivity index (χ1v) is 6.80. The maximum absolute atomic E-state index is 4.46. The fourth-order valence-corrected chi connectivity index (χ4v) is 2.69. The number of aryl methyl sites for hydroxylation is 1. The first-order valence-electron chi connectivity index (χ1n) is 6.03. The number of hydrogen-bond acceptors (Lipinski definition) is 5. The van der Waals surface area contributed by atoms with Crippen LogP contribution in [0.4, 0.5) is 5.13 Å². The van der Waals surface area contributed by atoms with Crippen molar-refractivity contribution in [2.45, 2.75) is 26.2 Å². The van der Waals surface area contributed by atoms with Gasteiger partial charge in [0.15, 0.2) is 0 Å². The molecule has 1 aliphatic rings. The number of likely N-dealkylation sites (tertiary alicyclic amines) is 1. The lowest BCUT2D eigenvalue weighted by molar-refractivity contribution is 0.399. The molecule has 2 heterocycles. The van der Waals surface area contributed by atoms with Gasteiger partial charge >= 0.3 is 0 Å². The number of anilines is 1. The fourth-order valence-electron chi connectivity index (χ4n) is 2.08. The Balaban J connectivity index is 1.76. The molecular weight excluding hydrogens is 220 g/mol. The van der Waals surface area contributed by atoms with Crippen molar-refractivity contribution in [2.24, 2.45) is 5.92 Å². The van der Waals surface area contributed by atoms with Gasteiger partial charge in [-0.25, -0.2) is 4.98 Å². The van der Waals surface area contributed by atoms with Gasteiger partial charge in [-0.1, -0.05) is 6.92 Å². The summed E-state index contributed by atoms with van der Waals surface area (Å²) in [7, 11) is 2.18. The Hall–Kier alpha value is -0.680. The summed E-state index contributed by atoms with van der Waals surface area (Å²) in [6.07, 6.45) is 3.40. The van der Waals surface area contributed by atoms with E-state index in [-0.39, 0.29) is 0 Å². The second-order valence-electron chi connectivity index (χ2n) is 4.56. The molecular formula is C11H20N4S. The predicted octanol–water partition coefficient (Wildman–Crippen LogP) is 1.85. The van der Waals surface area contributed by atoms with Crippen LogP contribution in [0.15, 0.2) is 0 Å². The molecule has 1 aromatic heterocycles. The molecule has 0 radical (unpaired) electrons. The standard InChI is InChI=1S/C11H20N4S/c1-3-4-10-13-11(16-14-10)12-7-9-5-6-15(2)8-9/h9H,3-8H2,1-2H3,(H,12,13,14). The minimum absolute atomic E-state index is 0.767. The molecule has 2 rings (SSSR count). The molecule has 1 atom stereocenters. The van der Waals surface area contributed by atoms with Crippen LogP contribution in [0.5, 0.6) is 0 Å². The zero-order valence-corrected chi connectivity index (χ0v) is 10.9. The highest BCUT2D eigenvalue weighted by Gasteiger charge is 2.19. The molecule has 0 spiro atoms. The number of nitrogens with zero attached hydrogens (tertiary/aromatic N) is 3. The Morgan fingerprint density at radius 3 is 3.12 bits per heavy atom. The first-order chi connectivity index (χ1) is 7.78. The molecule has 4 nitrogen and oxygen atoms in total. The molecule has 0 saturated carbocycles. The Kier molecular flexibility index (Phi) is 4.12. The van der Waals surface area contributed by atoms with E-state index in [0.29, 0.717) is 0 Å². The highest BCUT2D eigenvalue weighted by Crippen LogP contribution is 2.17. The summed E-state index contributed by atoms with van der Waals surface area (Å²) >= 11 is 1.49. The number of nitrogens with one attached hydrogen (secondary N) is 1. The molecule has 1 N–H and O–H groups in total. The summed E-state index contributed by atoms with van der Waals surface area (Å²) in [6.45, 7) is 5.62. The second-order valence-corrected chi connectivity index (χ2v) is 5.32. The van der Waals surface area contributed by atoms with Gasteiger partial charge in [0, 0.05) is 31.0 Å². The summed E-state index contributed by atoms with van der Waals surface area (Å²) in [4.78, 5) is 6.85. The average molecular weight is 240 g/mol. The summed E-state index contributed by atoms with van der Waals surface area (Å²) in [5, 5.41) is 4.39. The van der Waals surface area contributed by atoms with Crippen molar-refractivity contribution in [1.29, 1.82) is 0 Å². The Morgan fingerprint density at radius 1 is 1.56 bits per heavy atom. The monoisotopic (exact) mass is 240 g/mol. The van der Waals surface area contributed by atoms with E-state index in [1.54, 1.807) is 0 Å². The van der Waals surface area contributed by atoms with Crippen molar-refractivity contribution in [3.8, 4) is 0 Å². The summed E-state index contributed by atoms with van der Waals surface area (Å²) in [5.74, 6) is 1.75. The van der Waals surface area contributed by atoms with Gasteiger partial charge in [0.25, 0.3) is 0 Å². The van der Waals surface area contributed by atoms with E-state index < -0.39 is 0 Å². The lowest BCUT2D eigenvalue weighted by Gasteiger charge is -2.10. The maximum atomic E-state index is 4.46. The molecule has 0 aliphatic carbocycles. The molecule has 0 aromatic carbocycles. The summed E-state index contributed by atoms with van der Waals surface area (Å²) in [5.41, 5.74) is 0. The van der Waals surface area contributed by atoms with Crippen molar-refractivity contribution in [1.82, 2.24) is 14.3 Å². The van der Waals surface area contributed by atoms with Crippen LogP contribution in [0.1, 0.15) is 25.6 Å². The number of aromatic nitrogens is 2. The first kappa shape index (κ1) is 11.8. The molecule has 0 bridgehead atoms. The van der Waals surface area contributed by atoms with E-state index in [4.69, 9.17) is 0 Å². The molecule has 1 aliphatic heterocycles. The van der Waals surface area contributed by atoms with Gasteiger partial charge in [-0.05, 0) is 32.4 Å². The molecule has 0 amide bonds. The third-order valence-corrected chi connectivity index (χ3v) is 3.68. The Bertz CT molecular complexity index is 326. The van der Waals surface area contributed by atoms with Crippen molar-refractivity contribution in [3.63, 3.8) is 0 Å².